The van der Waals surface area contributed by atoms with E-state index in [4.69, 9.17) is 16.3 Å². The number of hydrogen-bond donors (Lipinski definition) is 2. The molecule has 2 heterocycles. The van der Waals surface area contributed by atoms with Crippen molar-refractivity contribution in [3.8, 4) is 5.69 Å². The first-order chi connectivity index (χ1) is 12.6. The van der Waals surface area contributed by atoms with Crippen LogP contribution in [0.2, 0.25) is 5.02 Å². The van der Waals surface area contributed by atoms with Crippen molar-refractivity contribution in [3.63, 3.8) is 0 Å². The van der Waals surface area contributed by atoms with E-state index in [1.165, 1.54) is 0 Å². The molecule has 1 aliphatic rings. The molecule has 0 saturated carbocycles. The fourth-order valence-corrected chi connectivity index (χ4v) is 3.16. The second kappa shape index (κ2) is 6.95. The number of halogens is 1. The number of fused-ring (bicyclic) bond motifs is 1. The van der Waals surface area contributed by atoms with Gasteiger partial charge in [-0.2, -0.15) is 5.10 Å². The number of carbonyl (C=O) groups is 1. The van der Waals surface area contributed by atoms with Gasteiger partial charge in [0.25, 0.3) is 5.91 Å². The Bertz CT molecular complexity index is 945. The van der Waals surface area contributed by atoms with Crippen LogP contribution >= 0.6 is 11.6 Å². The van der Waals surface area contributed by atoms with Crippen molar-refractivity contribution in [2.45, 2.75) is 13.2 Å². The number of nitrogens with one attached hydrogen (secondary N) is 1. The summed E-state index contributed by atoms with van der Waals surface area (Å²) in [4.78, 5) is 12.5. The molecule has 4 rings (SSSR count). The highest BCUT2D eigenvalue weighted by atomic mass is 35.5. The van der Waals surface area contributed by atoms with Gasteiger partial charge in [0.05, 0.1) is 22.9 Å². The second-order valence-electron chi connectivity index (χ2n) is 5.99. The third kappa shape index (κ3) is 3.24. The Labute approximate surface area is 155 Å². The van der Waals surface area contributed by atoms with Crippen molar-refractivity contribution in [2.75, 3.05) is 0 Å². The summed E-state index contributed by atoms with van der Waals surface area (Å²) in [5, 5.41) is 17.2. The van der Waals surface area contributed by atoms with Crippen molar-refractivity contribution >= 4 is 30.1 Å². The Morgan fingerprint density at radius 2 is 2.15 bits per heavy atom. The maximum atomic E-state index is 12.5. The van der Waals surface area contributed by atoms with Gasteiger partial charge in [-0.1, -0.05) is 23.7 Å². The third-order valence-corrected chi connectivity index (χ3v) is 4.61. The predicted molar refractivity (Wildman–Crippen MR) is 98.6 cm³/mol. The Balaban J connectivity index is 1.45. The molecule has 2 N–H and O–H groups in total. The summed E-state index contributed by atoms with van der Waals surface area (Å²) < 4.78 is 6.91. The number of nitrogens with zero attached hydrogens (tertiary/aromatic N) is 2. The number of carbonyl (C=O) groups excluding carboxylic acids is 1. The van der Waals surface area contributed by atoms with Gasteiger partial charge < -0.3 is 15.0 Å². The molecule has 3 aromatic rings. The van der Waals surface area contributed by atoms with Crippen LogP contribution in [0, 0.1) is 0 Å². The molecular weight excluding hydrogens is 352 g/mol. The van der Waals surface area contributed by atoms with Crippen LogP contribution in [0.5, 0.6) is 0 Å². The largest absolute Gasteiger partial charge is 0.491 e. The summed E-state index contributed by atoms with van der Waals surface area (Å²) in [6, 6.07) is 12.8. The maximum Gasteiger partial charge on any atom is 0.491 e. The molecule has 0 aliphatic carbocycles. The van der Waals surface area contributed by atoms with Crippen molar-refractivity contribution in [3.05, 3.63) is 76.6 Å². The summed E-state index contributed by atoms with van der Waals surface area (Å²) >= 11 is 6.20. The van der Waals surface area contributed by atoms with Gasteiger partial charge in [0.1, 0.15) is 0 Å². The van der Waals surface area contributed by atoms with Gasteiger partial charge in [-0.25, -0.2) is 4.68 Å². The molecular formula is C18H15BClN3O3. The lowest BCUT2D eigenvalue weighted by atomic mass is 9.78. The van der Waals surface area contributed by atoms with Gasteiger partial charge >= 0.3 is 7.12 Å². The molecule has 1 aromatic heterocycles. The van der Waals surface area contributed by atoms with Crippen LogP contribution in [0.15, 0.2) is 54.9 Å². The number of rotatable bonds is 4. The monoisotopic (exact) mass is 367 g/mol. The zero-order valence-corrected chi connectivity index (χ0v) is 14.5. The average molecular weight is 368 g/mol. The topological polar surface area (TPSA) is 76.4 Å². The van der Waals surface area contributed by atoms with Crippen molar-refractivity contribution < 1.29 is 14.5 Å². The molecule has 130 valence electrons. The lowest BCUT2D eigenvalue weighted by molar-refractivity contribution is 0.0951. The minimum absolute atomic E-state index is 0.292. The molecule has 0 bridgehead atoms. The minimum atomic E-state index is -1.01. The van der Waals surface area contributed by atoms with E-state index in [0.717, 1.165) is 16.8 Å². The van der Waals surface area contributed by atoms with Crippen LogP contribution in [0.4, 0.5) is 0 Å². The van der Waals surface area contributed by atoms with Gasteiger partial charge in [-0.05, 0) is 46.9 Å². The fraction of sp³-hybridized carbons (Fsp3) is 0.111. The summed E-state index contributed by atoms with van der Waals surface area (Å²) in [5.41, 5.74) is 3.61. The quantitative estimate of drug-likeness (QED) is 0.688. The first-order valence-electron chi connectivity index (χ1n) is 8.11. The Hall–Kier alpha value is -2.61. The number of aromatic nitrogens is 2. The van der Waals surface area contributed by atoms with Crippen LogP contribution < -0.4 is 10.8 Å². The molecule has 0 fully saturated rings. The Morgan fingerprint density at radius 3 is 2.88 bits per heavy atom. The van der Waals surface area contributed by atoms with E-state index in [-0.39, 0.29) is 5.91 Å². The molecule has 1 aliphatic heterocycles. The first kappa shape index (κ1) is 16.8. The van der Waals surface area contributed by atoms with Crippen LogP contribution in [0.3, 0.4) is 0 Å². The van der Waals surface area contributed by atoms with Gasteiger partial charge in [0, 0.05) is 18.9 Å². The normalized spacial score (nSPS) is 12.9. The molecule has 1 amide bonds. The first-order valence-corrected chi connectivity index (χ1v) is 8.49. The van der Waals surface area contributed by atoms with Crippen LogP contribution in [0.25, 0.3) is 5.69 Å². The zero-order valence-electron chi connectivity index (χ0n) is 13.7. The molecule has 6 nitrogen and oxygen atoms in total. The van der Waals surface area contributed by atoms with E-state index in [1.54, 1.807) is 23.0 Å². The van der Waals surface area contributed by atoms with Crippen LogP contribution in [0.1, 0.15) is 21.5 Å². The van der Waals surface area contributed by atoms with E-state index in [9.17, 15) is 9.82 Å². The fourth-order valence-electron chi connectivity index (χ4n) is 2.88. The summed E-state index contributed by atoms with van der Waals surface area (Å²) in [6.07, 6.45) is 3.58. The predicted octanol–water partition coefficient (Wildman–Crippen LogP) is 1.67. The highest BCUT2D eigenvalue weighted by Gasteiger charge is 2.29. The maximum absolute atomic E-state index is 12.5. The van der Waals surface area contributed by atoms with Gasteiger partial charge in [0.15, 0.2) is 0 Å². The van der Waals surface area contributed by atoms with E-state index >= 15 is 0 Å². The van der Waals surface area contributed by atoms with E-state index in [2.05, 4.69) is 10.4 Å². The third-order valence-electron chi connectivity index (χ3n) is 4.29. The SMILES string of the molecule is O=C(NCc1ccc(-n2cccn2)cc1)c1cc2c(cc1Cl)COB2O. The molecule has 0 unspecified atom stereocenters. The zero-order chi connectivity index (χ0) is 18.1. The molecule has 0 spiro atoms. The van der Waals surface area contributed by atoms with Crippen molar-refractivity contribution in [1.29, 1.82) is 0 Å². The minimum Gasteiger partial charge on any atom is -0.423 e. The van der Waals surface area contributed by atoms with Crippen LogP contribution in [-0.2, 0) is 17.8 Å². The van der Waals surface area contributed by atoms with E-state index < -0.39 is 7.12 Å². The molecule has 26 heavy (non-hydrogen) atoms. The number of benzene rings is 2. The number of hydrogen-bond acceptors (Lipinski definition) is 4. The van der Waals surface area contributed by atoms with Gasteiger partial charge in [-0.15, -0.1) is 0 Å². The molecule has 2 aromatic carbocycles. The molecule has 0 atom stereocenters. The summed E-state index contributed by atoms with van der Waals surface area (Å²) in [6.45, 7) is 0.658. The van der Waals surface area contributed by atoms with Crippen molar-refractivity contribution in [2.24, 2.45) is 0 Å². The smallest absolute Gasteiger partial charge is 0.423 e. The van der Waals surface area contributed by atoms with E-state index in [1.807, 2.05) is 36.5 Å². The summed E-state index contributed by atoms with van der Waals surface area (Å²) in [5.74, 6) is -0.298. The van der Waals surface area contributed by atoms with Crippen LogP contribution in [-0.4, -0.2) is 27.8 Å². The van der Waals surface area contributed by atoms with Gasteiger partial charge in [0.2, 0.25) is 0 Å². The lowest BCUT2D eigenvalue weighted by Crippen LogP contribution is -2.31. The molecule has 0 radical (unpaired) electrons. The second-order valence-corrected chi connectivity index (χ2v) is 6.40. The lowest BCUT2D eigenvalue weighted by Gasteiger charge is -2.10. The highest BCUT2D eigenvalue weighted by molar-refractivity contribution is 6.61. The molecule has 8 heteroatoms. The summed E-state index contributed by atoms with van der Waals surface area (Å²) in [7, 11) is -1.01. The highest BCUT2D eigenvalue weighted by Crippen LogP contribution is 2.21. The number of amides is 1. The van der Waals surface area contributed by atoms with Gasteiger partial charge in [-0.3, -0.25) is 4.79 Å². The van der Waals surface area contributed by atoms with Crippen molar-refractivity contribution in [1.82, 2.24) is 15.1 Å². The average Bonchev–Trinajstić information content (AvgIpc) is 3.30. The Kier molecular flexibility index (Phi) is 4.50. The standard InChI is InChI=1S/C18H15BClN3O3/c20-17-8-13-11-26-19(25)16(13)9-15(17)18(24)21-10-12-2-4-14(5-3-12)23-7-1-6-22-23/h1-9,25H,10-11H2,(H,21,24). The van der Waals surface area contributed by atoms with E-state index in [0.29, 0.717) is 29.2 Å². The molecule has 0 saturated heterocycles. The Morgan fingerprint density at radius 1 is 1.35 bits per heavy atom.